The molecule has 4 nitrogen and oxygen atoms in total. The van der Waals surface area contributed by atoms with Crippen LogP contribution in [0.25, 0.3) is 0 Å². The van der Waals surface area contributed by atoms with Crippen molar-refractivity contribution in [1.82, 2.24) is 10.9 Å². The van der Waals surface area contributed by atoms with Crippen LogP contribution in [0, 0.1) is 5.92 Å². The Morgan fingerprint density at radius 1 is 1.23 bits per heavy atom. The summed E-state index contributed by atoms with van der Waals surface area (Å²) in [5.41, 5.74) is 4.49. The summed E-state index contributed by atoms with van der Waals surface area (Å²) in [5.74, 6) is -0.343. The molecule has 13 heavy (non-hydrogen) atoms. The molecule has 0 heterocycles. The summed E-state index contributed by atoms with van der Waals surface area (Å²) in [5, 5.41) is -0.639. The van der Waals surface area contributed by atoms with Crippen LogP contribution in [-0.4, -0.2) is 17.2 Å². The number of carbonyl (C=O) groups excluding carboxylic acids is 2. The van der Waals surface area contributed by atoms with E-state index in [1.54, 1.807) is 0 Å². The quantitative estimate of drug-likeness (QED) is 0.530. The van der Waals surface area contributed by atoms with Crippen LogP contribution >= 0.6 is 11.6 Å². The number of amides is 2. The van der Waals surface area contributed by atoms with Gasteiger partial charge < -0.3 is 0 Å². The van der Waals surface area contributed by atoms with Gasteiger partial charge in [0.2, 0.25) is 5.91 Å². The molecular formula is C8H15ClN2O2. The van der Waals surface area contributed by atoms with E-state index in [0.717, 1.165) is 0 Å². The van der Waals surface area contributed by atoms with E-state index in [1.807, 2.05) is 13.8 Å². The van der Waals surface area contributed by atoms with Crippen LogP contribution in [-0.2, 0) is 9.59 Å². The van der Waals surface area contributed by atoms with Crippen molar-refractivity contribution in [3.63, 3.8) is 0 Å². The monoisotopic (exact) mass is 206 g/mol. The van der Waals surface area contributed by atoms with Crippen molar-refractivity contribution < 1.29 is 9.59 Å². The summed E-state index contributed by atoms with van der Waals surface area (Å²) in [6.45, 7) is 5.38. The molecule has 0 fully saturated rings. The second-order valence-corrected chi connectivity index (χ2v) is 3.91. The Bertz CT molecular complexity index is 193. The first-order chi connectivity index (χ1) is 5.93. The maximum Gasteiger partial charge on any atom is 0.256 e. The van der Waals surface area contributed by atoms with Crippen molar-refractivity contribution in [1.29, 1.82) is 0 Å². The van der Waals surface area contributed by atoms with E-state index in [2.05, 4.69) is 10.9 Å². The molecule has 0 spiro atoms. The Hall–Kier alpha value is -0.770. The largest absolute Gasteiger partial charge is 0.273 e. The van der Waals surface area contributed by atoms with Crippen LogP contribution in [0.4, 0.5) is 0 Å². The first-order valence-electron chi connectivity index (χ1n) is 4.16. The lowest BCUT2D eigenvalue weighted by molar-refractivity contribution is -0.128. The molecule has 0 aliphatic rings. The molecule has 0 aromatic heterocycles. The molecule has 0 radical (unpaired) electrons. The minimum atomic E-state index is -0.639. The maximum atomic E-state index is 11.0. The van der Waals surface area contributed by atoms with E-state index in [-0.39, 0.29) is 11.8 Å². The summed E-state index contributed by atoms with van der Waals surface area (Å²) in [6.07, 6.45) is 0.386. The van der Waals surface area contributed by atoms with Gasteiger partial charge in [-0.15, -0.1) is 11.6 Å². The standard InChI is InChI=1S/C8H15ClN2O2/c1-5(2)4-7(12)10-11-8(13)6(3)9/h5-6H,4H2,1-3H3,(H,10,12)(H,11,13)/t6-/m0/s1. The molecule has 0 unspecified atom stereocenters. The van der Waals surface area contributed by atoms with Gasteiger partial charge in [-0.2, -0.15) is 0 Å². The summed E-state index contributed by atoms with van der Waals surface area (Å²) in [6, 6.07) is 0. The molecule has 0 aliphatic carbocycles. The number of rotatable bonds is 3. The topological polar surface area (TPSA) is 58.2 Å². The third-order valence-corrected chi connectivity index (χ3v) is 1.48. The molecule has 1 atom stereocenters. The third-order valence-electron chi connectivity index (χ3n) is 1.28. The van der Waals surface area contributed by atoms with Gasteiger partial charge in [-0.25, -0.2) is 0 Å². The maximum absolute atomic E-state index is 11.0. The van der Waals surface area contributed by atoms with Crippen molar-refractivity contribution >= 4 is 23.4 Å². The predicted octanol–water partition coefficient (Wildman–Crippen LogP) is 0.807. The van der Waals surface area contributed by atoms with Gasteiger partial charge in [-0.3, -0.25) is 20.4 Å². The number of carbonyl (C=O) groups is 2. The number of hydrogen-bond donors (Lipinski definition) is 2. The first-order valence-corrected chi connectivity index (χ1v) is 4.60. The normalized spacial score (nSPS) is 12.4. The number of halogens is 1. The van der Waals surface area contributed by atoms with Crippen LogP contribution in [0.5, 0.6) is 0 Å². The van der Waals surface area contributed by atoms with Crippen molar-refractivity contribution in [2.24, 2.45) is 5.92 Å². The van der Waals surface area contributed by atoms with Crippen molar-refractivity contribution in [2.45, 2.75) is 32.6 Å². The van der Waals surface area contributed by atoms with Crippen molar-refractivity contribution in [3.8, 4) is 0 Å². The predicted molar refractivity (Wildman–Crippen MR) is 51.1 cm³/mol. The first kappa shape index (κ1) is 12.2. The van der Waals surface area contributed by atoms with E-state index in [9.17, 15) is 9.59 Å². The molecule has 0 aromatic carbocycles. The van der Waals surface area contributed by atoms with E-state index >= 15 is 0 Å². The SMILES string of the molecule is CC(C)CC(=O)NNC(=O)[C@H](C)Cl. The molecule has 0 saturated heterocycles. The fourth-order valence-electron chi connectivity index (χ4n) is 0.653. The van der Waals surface area contributed by atoms with E-state index in [1.165, 1.54) is 6.92 Å². The second kappa shape index (κ2) is 5.80. The molecule has 5 heteroatoms. The van der Waals surface area contributed by atoms with Crippen molar-refractivity contribution in [3.05, 3.63) is 0 Å². The van der Waals surface area contributed by atoms with Gasteiger partial charge >= 0.3 is 0 Å². The Kier molecular flexibility index (Phi) is 5.46. The van der Waals surface area contributed by atoms with Gasteiger partial charge in [0.05, 0.1) is 0 Å². The molecular weight excluding hydrogens is 192 g/mol. The fourth-order valence-corrected chi connectivity index (χ4v) is 0.707. The second-order valence-electron chi connectivity index (χ2n) is 3.25. The zero-order chi connectivity index (χ0) is 10.4. The highest BCUT2D eigenvalue weighted by atomic mass is 35.5. The number of hydrogen-bond acceptors (Lipinski definition) is 2. The van der Waals surface area contributed by atoms with Crippen LogP contribution in [0.2, 0.25) is 0 Å². The highest BCUT2D eigenvalue weighted by molar-refractivity contribution is 6.30. The van der Waals surface area contributed by atoms with E-state index in [0.29, 0.717) is 6.42 Å². The summed E-state index contributed by atoms with van der Waals surface area (Å²) < 4.78 is 0. The van der Waals surface area contributed by atoms with Crippen LogP contribution in [0.1, 0.15) is 27.2 Å². The molecule has 0 aliphatic heterocycles. The molecule has 2 N–H and O–H groups in total. The van der Waals surface area contributed by atoms with Crippen LogP contribution < -0.4 is 10.9 Å². The summed E-state index contributed by atoms with van der Waals surface area (Å²) >= 11 is 5.45. The van der Waals surface area contributed by atoms with Gasteiger partial charge in [-0.1, -0.05) is 13.8 Å². The van der Waals surface area contributed by atoms with Crippen molar-refractivity contribution in [2.75, 3.05) is 0 Å². The number of alkyl halides is 1. The summed E-state index contributed by atoms with van der Waals surface area (Å²) in [7, 11) is 0. The minimum Gasteiger partial charge on any atom is -0.273 e. The lowest BCUT2D eigenvalue weighted by Crippen LogP contribution is -2.44. The Morgan fingerprint density at radius 2 is 1.77 bits per heavy atom. The highest BCUT2D eigenvalue weighted by Crippen LogP contribution is 1.97. The molecule has 0 bridgehead atoms. The van der Waals surface area contributed by atoms with Gasteiger partial charge in [0, 0.05) is 6.42 Å². The molecule has 2 amide bonds. The molecule has 76 valence electrons. The fraction of sp³-hybridized carbons (Fsp3) is 0.750. The minimum absolute atomic E-state index is 0.208. The van der Waals surface area contributed by atoms with E-state index in [4.69, 9.17) is 11.6 Å². The lowest BCUT2D eigenvalue weighted by Gasteiger charge is -2.09. The number of hydrazine groups is 1. The van der Waals surface area contributed by atoms with Crippen LogP contribution in [0.3, 0.4) is 0 Å². The average Bonchev–Trinajstić information content (AvgIpc) is 1.98. The Balaban J connectivity index is 3.64. The van der Waals surface area contributed by atoms with Gasteiger partial charge in [0.25, 0.3) is 5.91 Å². The average molecular weight is 207 g/mol. The molecule has 0 rings (SSSR count). The zero-order valence-corrected chi connectivity index (χ0v) is 8.81. The summed E-state index contributed by atoms with van der Waals surface area (Å²) in [4.78, 5) is 21.9. The number of nitrogens with one attached hydrogen (secondary N) is 2. The highest BCUT2D eigenvalue weighted by Gasteiger charge is 2.10. The smallest absolute Gasteiger partial charge is 0.256 e. The Labute approximate surface area is 83.0 Å². The Morgan fingerprint density at radius 3 is 2.15 bits per heavy atom. The van der Waals surface area contributed by atoms with Gasteiger partial charge in [-0.05, 0) is 12.8 Å². The zero-order valence-electron chi connectivity index (χ0n) is 8.06. The lowest BCUT2D eigenvalue weighted by atomic mass is 10.1. The van der Waals surface area contributed by atoms with Crippen LogP contribution in [0.15, 0.2) is 0 Å². The third kappa shape index (κ3) is 6.40. The molecule has 0 aromatic rings. The van der Waals surface area contributed by atoms with Gasteiger partial charge in [0.1, 0.15) is 5.38 Å². The van der Waals surface area contributed by atoms with E-state index < -0.39 is 11.3 Å². The van der Waals surface area contributed by atoms with Gasteiger partial charge in [0.15, 0.2) is 0 Å². The molecule has 0 saturated carbocycles.